The number of hydrogen-bond donors (Lipinski definition) is 1. The predicted molar refractivity (Wildman–Crippen MR) is 74.7 cm³/mol. The van der Waals surface area contributed by atoms with Crippen LogP contribution in [-0.4, -0.2) is 4.98 Å². The summed E-state index contributed by atoms with van der Waals surface area (Å²) >= 11 is 0. The molecule has 0 bridgehead atoms. The number of benzene rings is 1. The standard InChI is InChI=1S/C16H18N2/c1-12-16(7-4-10-17-12)18-11-14-5-2-3-6-15(14)13-8-9-13/h2-7,10,13,18H,8-9,11H2,1H3. The molecular weight excluding hydrogens is 220 g/mol. The summed E-state index contributed by atoms with van der Waals surface area (Å²) in [7, 11) is 0. The van der Waals surface area contributed by atoms with E-state index < -0.39 is 0 Å². The van der Waals surface area contributed by atoms with Crippen molar-refractivity contribution in [3.05, 3.63) is 59.4 Å². The molecule has 2 nitrogen and oxygen atoms in total. The molecule has 0 spiro atoms. The van der Waals surface area contributed by atoms with Gasteiger partial charge in [0.15, 0.2) is 0 Å². The smallest absolute Gasteiger partial charge is 0.0603 e. The summed E-state index contributed by atoms with van der Waals surface area (Å²) in [5, 5.41) is 3.49. The second kappa shape index (κ2) is 4.81. The zero-order valence-electron chi connectivity index (χ0n) is 10.7. The maximum atomic E-state index is 4.30. The third-order valence-corrected chi connectivity index (χ3v) is 3.55. The number of anilines is 1. The lowest BCUT2D eigenvalue weighted by Crippen LogP contribution is -2.04. The number of rotatable bonds is 4. The maximum Gasteiger partial charge on any atom is 0.0603 e. The van der Waals surface area contributed by atoms with Gasteiger partial charge in [-0.15, -0.1) is 0 Å². The van der Waals surface area contributed by atoms with Crippen LogP contribution in [0.3, 0.4) is 0 Å². The Morgan fingerprint density at radius 2 is 2.00 bits per heavy atom. The highest BCUT2D eigenvalue weighted by molar-refractivity contribution is 5.48. The fraction of sp³-hybridized carbons (Fsp3) is 0.312. The quantitative estimate of drug-likeness (QED) is 0.874. The summed E-state index contributed by atoms with van der Waals surface area (Å²) in [5.74, 6) is 0.804. The van der Waals surface area contributed by atoms with Crippen LogP contribution in [0.1, 0.15) is 35.6 Å². The molecule has 1 aromatic heterocycles. The minimum Gasteiger partial charge on any atom is -0.379 e. The van der Waals surface area contributed by atoms with Gasteiger partial charge < -0.3 is 5.32 Å². The van der Waals surface area contributed by atoms with Crippen molar-refractivity contribution >= 4 is 5.69 Å². The molecular formula is C16H18N2. The van der Waals surface area contributed by atoms with E-state index in [2.05, 4.69) is 40.6 Å². The third kappa shape index (κ3) is 2.37. The molecule has 0 aliphatic heterocycles. The van der Waals surface area contributed by atoms with Gasteiger partial charge in [0.25, 0.3) is 0 Å². The number of aromatic nitrogens is 1. The maximum absolute atomic E-state index is 4.30. The molecule has 3 rings (SSSR count). The van der Waals surface area contributed by atoms with Crippen molar-refractivity contribution in [2.45, 2.75) is 32.2 Å². The average Bonchev–Trinajstić information content (AvgIpc) is 3.23. The number of nitrogens with one attached hydrogen (secondary N) is 1. The van der Waals surface area contributed by atoms with Gasteiger partial charge in [-0.25, -0.2) is 0 Å². The second-order valence-electron chi connectivity index (χ2n) is 4.96. The first-order valence-electron chi connectivity index (χ1n) is 6.58. The van der Waals surface area contributed by atoms with Gasteiger partial charge in [0.1, 0.15) is 0 Å². The van der Waals surface area contributed by atoms with E-state index in [-0.39, 0.29) is 0 Å². The van der Waals surface area contributed by atoms with E-state index in [9.17, 15) is 0 Å². The topological polar surface area (TPSA) is 24.9 Å². The van der Waals surface area contributed by atoms with Crippen LogP contribution in [-0.2, 0) is 6.54 Å². The summed E-state index contributed by atoms with van der Waals surface area (Å²) in [6, 6.07) is 12.8. The molecule has 92 valence electrons. The highest BCUT2D eigenvalue weighted by Crippen LogP contribution is 2.41. The lowest BCUT2D eigenvalue weighted by Gasteiger charge is -2.12. The molecule has 1 aliphatic carbocycles. The molecule has 1 saturated carbocycles. The molecule has 1 fully saturated rings. The number of hydrogen-bond acceptors (Lipinski definition) is 2. The minimum atomic E-state index is 0.804. The van der Waals surface area contributed by atoms with Crippen molar-refractivity contribution in [2.75, 3.05) is 5.32 Å². The first-order valence-corrected chi connectivity index (χ1v) is 6.58. The Labute approximate surface area is 108 Å². The lowest BCUT2D eigenvalue weighted by molar-refractivity contribution is 1.03. The van der Waals surface area contributed by atoms with Crippen LogP contribution in [0.4, 0.5) is 5.69 Å². The number of aryl methyl sites for hydroxylation is 1. The van der Waals surface area contributed by atoms with Crippen molar-refractivity contribution in [3.8, 4) is 0 Å². The van der Waals surface area contributed by atoms with Crippen LogP contribution in [0.15, 0.2) is 42.6 Å². The van der Waals surface area contributed by atoms with Gasteiger partial charge in [0.2, 0.25) is 0 Å². The summed E-state index contributed by atoms with van der Waals surface area (Å²) < 4.78 is 0. The summed E-state index contributed by atoms with van der Waals surface area (Å²) in [6.07, 6.45) is 4.53. The molecule has 18 heavy (non-hydrogen) atoms. The van der Waals surface area contributed by atoms with Crippen LogP contribution in [0.25, 0.3) is 0 Å². The van der Waals surface area contributed by atoms with E-state index in [4.69, 9.17) is 0 Å². The fourth-order valence-electron chi connectivity index (χ4n) is 2.35. The van der Waals surface area contributed by atoms with Crippen molar-refractivity contribution in [1.29, 1.82) is 0 Å². The SMILES string of the molecule is Cc1ncccc1NCc1ccccc1C1CC1. The molecule has 1 N–H and O–H groups in total. The second-order valence-corrected chi connectivity index (χ2v) is 4.96. The van der Waals surface area contributed by atoms with Crippen molar-refractivity contribution in [1.82, 2.24) is 4.98 Å². The van der Waals surface area contributed by atoms with Crippen LogP contribution < -0.4 is 5.32 Å². The number of pyridine rings is 1. The molecule has 0 unspecified atom stereocenters. The molecule has 0 amide bonds. The zero-order valence-corrected chi connectivity index (χ0v) is 10.7. The molecule has 1 aliphatic rings. The Kier molecular flexibility index (Phi) is 3.01. The predicted octanol–water partition coefficient (Wildman–Crippen LogP) is 3.88. The van der Waals surface area contributed by atoms with Crippen molar-refractivity contribution in [2.24, 2.45) is 0 Å². The Hall–Kier alpha value is -1.83. The highest BCUT2D eigenvalue weighted by atomic mass is 14.9. The molecule has 1 heterocycles. The average molecular weight is 238 g/mol. The van der Waals surface area contributed by atoms with Crippen molar-refractivity contribution < 1.29 is 0 Å². The molecule has 0 radical (unpaired) electrons. The zero-order chi connectivity index (χ0) is 12.4. The monoisotopic (exact) mass is 238 g/mol. The van der Waals surface area contributed by atoms with E-state index >= 15 is 0 Å². The van der Waals surface area contributed by atoms with Crippen molar-refractivity contribution in [3.63, 3.8) is 0 Å². The largest absolute Gasteiger partial charge is 0.379 e. The summed E-state index contributed by atoms with van der Waals surface area (Å²) in [5.41, 5.74) is 5.12. The molecule has 0 atom stereocenters. The van der Waals surface area contributed by atoms with Crippen LogP contribution >= 0.6 is 0 Å². The minimum absolute atomic E-state index is 0.804. The van der Waals surface area contributed by atoms with Crippen LogP contribution in [0.5, 0.6) is 0 Å². The van der Waals surface area contributed by atoms with Gasteiger partial charge in [-0.2, -0.15) is 0 Å². The van der Waals surface area contributed by atoms with E-state index in [0.717, 1.165) is 23.8 Å². The Morgan fingerprint density at radius 1 is 1.17 bits per heavy atom. The van der Waals surface area contributed by atoms with Crippen LogP contribution in [0.2, 0.25) is 0 Å². The Morgan fingerprint density at radius 3 is 2.78 bits per heavy atom. The van der Waals surface area contributed by atoms with E-state index in [1.54, 1.807) is 0 Å². The third-order valence-electron chi connectivity index (χ3n) is 3.55. The Bertz CT molecular complexity index is 544. The summed E-state index contributed by atoms with van der Waals surface area (Å²) in [6.45, 7) is 2.92. The van der Waals surface area contributed by atoms with Gasteiger partial charge in [-0.05, 0) is 48.9 Å². The van der Waals surface area contributed by atoms with Gasteiger partial charge >= 0.3 is 0 Å². The van der Waals surface area contributed by atoms with E-state index in [0.29, 0.717) is 0 Å². The van der Waals surface area contributed by atoms with E-state index in [1.165, 1.54) is 24.0 Å². The van der Waals surface area contributed by atoms with Gasteiger partial charge in [-0.3, -0.25) is 4.98 Å². The Balaban J connectivity index is 1.75. The summed E-state index contributed by atoms with van der Waals surface area (Å²) in [4.78, 5) is 4.30. The van der Waals surface area contributed by atoms with E-state index in [1.807, 2.05) is 19.2 Å². The fourth-order valence-corrected chi connectivity index (χ4v) is 2.35. The molecule has 0 saturated heterocycles. The normalized spacial score (nSPS) is 14.5. The van der Waals surface area contributed by atoms with Crippen LogP contribution in [0, 0.1) is 6.92 Å². The lowest BCUT2D eigenvalue weighted by atomic mass is 10.0. The van der Waals surface area contributed by atoms with Gasteiger partial charge in [0, 0.05) is 12.7 Å². The first kappa shape index (κ1) is 11.3. The first-order chi connectivity index (χ1) is 8.84. The number of nitrogens with zero attached hydrogens (tertiary/aromatic N) is 1. The molecule has 1 aromatic carbocycles. The highest BCUT2D eigenvalue weighted by Gasteiger charge is 2.25. The molecule has 2 heteroatoms. The molecule has 2 aromatic rings. The van der Waals surface area contributed by atoms with Gasteiger partial charge in [-0.1, -0.05) is 24.3 Å². The van der Waals surface area contributed by atoms with Gasteiger partial charge in [0.05, 0.1) is 11.4 Å².